The number of benzene rings is 1. The first-order valence-corrected chi connectivity index (χ1v) is 10.5. The van der Waals surface area contributed by atoms with Gasteiger partial charge < -0.3 is 5.11 Å². The van der Waals surface area contributed by atoms with Crippen LogP contribution < -0.4 is 0 Å². The molecule has 1 aromatic heterocycles. The van der Waals surface area contributed by atoms with Crippen LogP contribution in [-0.2, 0) is 14.8 Å². The molecule has 1 aromatic carbocycles. The van der Waals surface area contributed by atoms with Crippen molar-refractivity contribution in [3.63, 3.8) is 0 Å². The number of carboxylic acids is 1. The van der Waals surface area contributed by atoms with E-state index in [2.05, 4.69) is 4.98 Å². The van der Waals surface area contributed by atoms with Crippen molar-refractivity contribution in [2.75, 3.05) is 12.3 Å². The topological polar surface area (TPSA) is 87.6 Å². The fourth-order valence-electron chi connectivity index (χ4n) is 3.13. The van der Waals surface area contributed by atoms with Crippen molar-refractivity contribution in [1.82, 2.24) is 9.29 Å². The molecule has 1 fully saturated rings. The minimum Gasteiger partial charge on any atom is -0.480 e. The maximum atomic E-state index is 13.1. The van der Waals surface area contributed by atoms with Crippen LogP contribution in [0.4, 0.5) is 0 Å². The lowest BCUT2D eigenvalue weighted by Crippen LogP contribution is -2.58. The van der Waals surface area contributed by atoms with Crippen LogP contribution in [0.25, 0.3) is 11.1 Å². The van der Waals surface area contributed by atoms with Gasteiger partial charge in [0.25, 0.3) is 0 Å². The van der Waals surface area contributed by atoms with E-state index in [4.69, 9.17) is 0 Å². The fraction of sp³-hybridized carbons (Fsp3) is 0.333. The van der Waals surface area contributed by atoms with E-state index in [1.807, 2.05) is 12.1 Å². The average Bonchev–Trinajstić information content (AvgIpc) is 2.61. The molecule has 0 spiro atoms. The first kappa shape index (κ1) is 18.9. The largest absolute Gasteiger partial charge is 0.480 e. The van der Waals surface area contributed by atoms with Gasteiger partial charge in [-0.25, -0.2) is 8.42 Å². The Bertz CT molecular complexity index is 897. The summed E-state index contributed by atoms with van der Waals surface area (Å²) in [6.07, 6.45) is 3.34. The Balaban J connectivity index is 1.96. The highest BCUT2D eigenvalue weighted by Crippen LogP contribution is 2.38. The molecule has 1 aliphatic rings. The van der Waals surface area contributed by atoms with Crippen LogP contribution in [-0.4, -0.2) is 51.9 Å². The third-order valence-electron chi connectivity index (χ3n) is 4.44. The SMILES string of the molecule is CC1(C)SCCN(S(=O)(=O)c2ccc(-c3ccncc3)cc2)[C@H]1C(=O)O. The molecule has 26 heavy (non-hydrogen) atoms. The first-order valence-electron chi connectivity index (χ1n) is 8.12. The number of carbonyl (C=O) groups is 1. The number of thioether (sulfide) groups is 1. The predicted octanol–water partition coefficient (Wildman–Crippen LogP) is 2.72. The molecule has 1 N–H and O–H groups in total. The van der Waals surface area contributed by atoms with Gasteiger partial charge in [0.05, 0.1) is 4.90 Å². The molecule has 3 rings (SSSR count). The molecule has 1 saturated heterocycles. The van der Waals surface area contributed by atoms with Gasteiger partial charge in [0.1, 0.15) is 6.04 Å². The maximum absolute atomic E-state index is 13.1. The number of hydrogen-bond acceptors (Lipinski definition) is 5. The van der Waals surface area contributed by atoms with Gasteiger partial charge in [-0.15, -0.1) is 0 Å². The fourth-order valence-corrected chi connectivity index (χ4v) is 6.23. The lowest BCUT2D eigenvalue weighted by molar-refractivity contribution is -0.142. The second-order valence-electron chi connectivity index (χ2n) is 6.57. The van der Waals surface area contributed by atoms with Crippen molar-refractivity contribution in [3.05, 3.63) is 48.8 Å². The van der Waals surface area contributed by atoms with E-state index in [0.717, 1.165) is 15.4 Å². The Morgan fingerprint density at radius 3 is 2.31 bits per heavy atom. The summed E-state index contributed by atoms with van der Waals surface area (Å²) in [5.41, 5.74) is 1.80. The van der Waals surface area contributed by atoms with Crippen molar-refractivity contribution in [3.8, 4) is 11.1 Å². The van der Waals surface area contributed by atoms with Crippen LogP contribution in [0.1, 0.15) is 13.8 Å². The van der Waals surface area contributed by atoms with Crippen molar-refractivity contribution in [1.29, 1.82) is 0 Å². The van der Waals surface area contributed by atoms with E-state index >= 15 is 0 Å². The first-order chi connectivity index (χ1) is 12.2. The van der Waals surface area contributed by atoms with E-state index < -0.39 is 26.8 Å². The van der Waals surface area contributed by atoms with Gasteiger partial charge in [0.15, 0.2) is 0 Å². The van der Waals surface area contributed by atoms with Crippen molar-refractivity contribution in [2.45, 2.75) is 29.5 Å². The van der Waals surface area contributed by atoms with Gasteiger partial charge >= 0.3 is 5.97 Å². The molecule has 0 saturated carbocycles. The number of nitrogens with zero attached hydrogens (tertiary/aromatic N) is 2. The van der Waals surface area contributed by atoms with Gasteiger partial charge in [-0.05, 0) is 49.2 Å². The lowest BCUT2D eigenvalue weighted by Gasteiger charge is -2.42. The summed E-state index contributed by atoms with van der Waals surface area (Å²) >= 11 is 1.48. The monoisotopic (exact) mass is 392 g/mol. The zero-order chi connectivity index (χ0) is 18.9. The molecule has 2 aromatic rings. The summed E-state index contributed by atoms with van der Waals surface area (Å²) in [6.45, 7) is 3.72. The molecular weight excluding hydrogens is 372 g/mol. The quantitative estimate of drug-likeness (QED) is 0.861. The highest BCUT2D eigenvalue weighted by molar-refractivity contribution is 8.00. The summed E-state index contributed by atoms with van der Waals surface area (Å²) in [5.74, 6) is -0.565. The number of sulfonamides is 1. The Morgan fingerprint density at radius 2 is 1.73 bits per heavy atom. The van der Waals surface area contributed by atoms with Crippen LogP contribution >= 0.6 is 11.8 Å². The van der Waals surface area contributed by atoms with Crippen LogP contribution in [0.5, 0.6) is 0 Å². The zero-order valence-electron chi connectivity index (χ0n) is 14.5. The minimum absolute atomic E-state index is 0.101. The Morgan fingerprint density at radius 1 is 1.15 bits per heavy atom. The van der Waals surface area contributed by atoms with E-state index in [-0.39, 0.29) is 11.4 Å². The van der Waals surface area contributed by atoms with Crippen LogP contribution in [0, 0.1) is 0 Å². The molecule has 0 amide bonds. The van der Waals surface area contributed by atoms with Gasteiger partial charge in [0, 0.05) is 29.4 Å². The highest BCUT2D eigenvalue weighted by Gasteiger charge is 2.48. The second-order valence-corrected chi connectivity index (χ2v) is 10.2. The van der Waals surface area contributed by atoms with Crippen LogP contribution in [0.3, 0.4) is 0 Å². The number of aliphatic carboxylic acids is 1. The summed E-state index contributed by atoms with van der Waals surface area (Å²) in [5, 5.41) is 9.62. The highest BCUT2D eigenvalue weighted by atomic mass is 32.2. The number of aromatic nitrogens is 1. The molecule has 2 heterocycles. The zero-order valence-corrected chi connectivity index (χ0v) is 16.1. The summed E-state index contributed by atoms with van der Waals surface area (Å²) in [6, 6.07) is 9.08. The number of hydrogen-bond donors (Lipinski definition) is 1. The molecule has 0 aliphatic carbocycles. The lowest BCUT2D eigenvalue weighted by atomic mass is 10.0. The van der Waals surface area contributed by atoms with Gasteiger partial charge in [-0.1, -0.05) is 12.1 Å². The molecule has 1 aliphatic heterocycles. The minimum atomic E-state index is -3.90. The number of carboxylic acid groups (broad SMARTS) is 1. The molecule has 138 valence electrons. The van der Waals surface area contributed by atoms with Gasteiger partial charge in [0.2, 0.25) is 10.0 Å². The normalized spacial score (nSPS) is 20.6. The van der Waals surface area contributed by atoms with Crippen LogP contribution in [0.15, 0.2) is 53.7 Å². The second kappa shape index (κ2) is 7.02. The molecule has 0 unspecified atom stereocenters. The third-order valence-corrected chi connectivity index (χ3v) is 7.67. The molecule has 6 nitrogen and oxygen atoms in total. The molecular formula is C18H20N2O4S2. The van der Waals surface area contributed by atoms with E-state index in [9.17, 15) is 18.3 Å². The van der Waals surface area contributed by atoms with E-state index in [1.165, 1.54) is 23.9 Å². The Labute approximate surface area is 157 Å². The number of pyridine rings is 1. The van der Waals surface area contributed by atoms with E-state index in [1.54, 1.807) is 38.4 Å². The Hall–Kier alpha value is -1.90. The van der Waals surface area contributed by atoms with Gasteiger partial charge in [-0.3, -0.25) is 9.78 Å². The van der Waals surface area contributed by atoms with Crippen molar-refractivity contribution in [2.24, 2.45) is 0 Å². The maximum Gasteiger partial charge on any atom is 0.323 e. The summed E-state index contributed by atoms with van der Waals surface area (Å²) < 4.78 is 26.6. The molecule has 0 radical (unpaired) electrons. The smallest absolute Gasteiger partial charge is 0.323 e. The van der Waals surface area contributed by atoms with Crippen LogP contribution in [0.2, 0.25) is 0 Å². The molecule has 8 heteroatoms. The standard InChI is InChI=1S/C18H20N2O4S2/c1-18(2)16(17(21)22)20(11-12-25-18)26(23,24)15-5-3-13(4-6-15)14-7-9-19-10-8-14/h3-10,16H,11-12H2,1-2H3,(H,21,22)/t16-/m0/s1. The predicted molar refractivity (Wildman–Crippen MR) is 102 cm³/mol. The van der Waals surface area contributed by atoms with Crippen molar-refractivity contribution >= 4 is 27.8 Å². The summed E-state index contributed by atoms with van der Waals surface area (Å²) in [4.78, 5) is 15.8. The molecule has 1 atom stereocenters. The van der Waals surface area contributed by atoms with E-state index in [0.29, 0.717) is 5.75 Å². The van der Waals surface area contributed by atoms with Crippen molar-refractivity contribution < 1.29 is 18.3 Å². The summed E-state index contributed by atoms with van der Waals surface area (Å²) in [7, 11) is -3.90. The third kappa shape index (κ3) is 3.49. The number of rotatable bonds is 4. The molecule has 0 bridgehead atoms. The average molecular weight is 393 g/mol. The Kier molecular flexibility index (Phi) is 5.09. The van der Waals surface area contributed by atoms with Gasteiger partial charge in [-0.2, -0.15) is 16.1 Å².